The molecule has 1 atom stereocenters. The monoisotopic (exact) mass is 313 g/mol. The van der Waals surface area contributed by atoms with E-state index in [9.17, 15) is 9.90 Å². The summed E-state index contributed by atoms with van der Waals surface area (Å²) < 4.78 is 0. The molecule has 0 rings (SSSR count). The van der Waals surface area contributed by atoms with Crippen molar-refractivity contribution in [2.75, 3.05) is 0 Å². The minimum atomic E-state index is -1.34. The number of aliphatic hydroxyl groups is 1. The highest BCUT2D eigenvalue weighted by Crippen LogP contribution is 2.48. The van der Waals surface area contributed by atoms with Crippen LogP contribution in [0.25, 0.3) is 0 Å². The maximum Gasteiger partial charge on any atom is 0.249 e. The van der Waals surface area contributed by atoms with Gasteiger partial charge in [0.25, 0.3) is 0 Å². The average molecular weight is 314 g/mol. The van der Waals surface area contributed by atoms with Crippen molar-refractivity contribution in [3.8, 4) is 0 Å². The van der Waals surface area contributed by atoms with Crippen LogP contribution in [-0.4, -0.2) is 16.6 Å². The van der Waals surface area contributed by atoms with Crippen LogP contribution in [-0.2, 0) is 4.79 Å². The number of carbonyl (C=O) groups excluding carboxylic acids is 1. The molecule has 0 saturated heterocycles. The van der Waals surface area contributed by atoms with E-state index in [1.54, 1.807) is 0 Å². The number of primary amides is 1. The second-order valence-electron chi connectivity index (χ2n) is 6.92. The molecule has 0 saturated carbocycles. The molecular formula is C19H39NO2. The molecule has 3 N–H and O–H groups in total. The third kappa shape index (κ3) is 5.57. The minimum Gasteiger partial charge on any atom is -0.379 e. The van der Waals surface area contributed by atoms with Crippen molar-refractivity contribution >= 4 is 5.91 Å². The third-order valence-corrected chi connectivity index (χ3v) is 5.20. The molecule has 1 unspecified atom stereocenters. The molecule has 0 aromatic carbocycles. The molecule has 132 valence electrons. The molecule has 0 heterocycles. The van der Waals surface area contributed by atoms with Gasteiger partial charge in [-0.1, -0.05) is 79.1 Å². The van der Waals surface area contributed by atoms with Gasteiger partial charge in [-0.2, -0.15) is 0 Å². The summed E-state index contributed by atoms with van der Waals surface area (Å²) >= 11 is 0. The number of hydrogen-bond donors (Lipinski definition) is 2. The molecule has 1 amide bonds. The first-order valence-electron chi connectivity index (χ1n) is 9.46. The zero-order chi connectivity index (χ0) is 17.1. The lowest BCUT2D eigenvalue weighted by molar-refractivity contribution is -0.160. The first-order valence-corrected chi connectivity index (χ1v) is 9.46. The van der Waals surface area contributed by atoms with Gasteiger partial charge in [0.1, 0.15) is 5.60 Å². The molecule has 0 aromatic heterocycles. The van der Waals surface area contributed by atoms with Crippen molar-refractivity contribution < 1.29 is 9.90 Å². The number of hydrogen-bond acceptors (Lipinski definition) is 2. The van der Waals surface area contributed by atoms with E-state index < -0.39 is 11.5 Å². The minimum absolute atomic E-state index is 0.337. The maximum atomic E-state index is 12.2. The standard InChI is InChI=1S/C19H39NO2/c1-5-9-13-18(14-10-6-2,15-11-7-3)19(22,17(20)21)16-12-8-4/h22H,5-16H2,1-4H3,(H2,20,21). The quantitative estimate of drug-likeness (QED) is 0.476. The Balaban J connectivity index is 5.60. The van der Waals surface area contributed by atoms with E-state index in [0.717, 1.165) is 70.6 Å². The number of carbonyl (C=O) groups is 1. The Hall–Kier alpha value is -0.570. The molecule has 3 nitrogen and oxygen atoms in total. The van der Waals surface area contributed by atoms with Crippen LogP contribution in [0.3, 0.4) is 0 Å². The van der Waals surface area contributed by atoms with Gasteiger partial charge in [0.15, 0.2) is 0 Å². The second-order valence-corrected chi connectivity index (χ2v) is 6.92. The summed E-state index contributed by atoms with van der Waals surface area (Å²) in [6, 6.07) is 0. The van der Waals surface area contributed by atoms with Crippen molar-refractivity contribution in [1.29, 1.82) is 0 Å². The van der Waals surface area contributed by atoms with Gasteiger partial charge >= 0.3 is 0 Å². The van der Waals surface area contributed by atoms with Crippen LogP contribution in [0.15, 0.2) is 0 Å². The van der Waals surface area contributed by atoms with Gasteiger partial charge in [-0.15, -0.1) is 0 Å². The van der Waals surface area contributed by atoms with Crippen LogP contribution >= 0.6 is 0 Å². The van der Waals surface area contributed by atoms with Crippen molar-refractivity contribution in [3.05, 3.63) is 0 Å². The fourth-order valence-corrected chi connectivity index (χ4v) is 3.62. The summed E-state index contributed by atoms with van der Waals surface area (Å²) in [6.07, 6.45) is 11.5. The van der Waals surface area contributed by atoms with Crippen LogP contribution in [0.1, 0.15) is 105 Å². The molecule has 0 bridgehead atoms. The van der Waals surface area contributed by atoms with E-state index in [1.807, 2.05) is 0 Å². The lowest BCUT2D eigenvalue weighted by Gasteiger charge is -2.46. The van der Waals surface area contributed by atoms with Crippen LogP contribution < -0.4 is 5.73 Å². The fraction of sp³-hybridized carbons (Fsp3) is 0.947. The summed E-state index contributed by atoms with van der Waals surface area (Å²) in [6.45, 7) is 8.59. The maximum absolute atomic E-state index is 12.2. The van der Waals surface area contributed by atoms with E-state index >= 15 is 0 Å². The summed E-state index contributed by atoms with van der Waals surface area (Å²) in [5.74, 6) is -0.510. The third-order valence-electron chi connectivity index (χ3n) is 5.20. The summed E-state index contributed by atoms with van der Waals surface area (Å²) in [4.78, 5) is 12.2. The number of amides is 1. The molecule has 3 heteroatoms. The van der Waals surface area contributed by atoms with E-state index in [1.165, 1.54) is 0 Å². The Labute approximate surface area is 138 Å². The number of nitrogens with two attached hydrogens (primary N) is 1. The summed E-state index contributed by atoms with van der Waals surface area (Å²) in [5.41, 5.74) is 4.04. The van der Waals surface area contributed by atoms with Gasteiger partial charge in [0.2, 0.25) is 5.91 Å². The topological polar surface area (TPSA) is 63.3 Å². The zero-order valence-electron chi connectivity index (χ0n) is 15.4. The fourth-order valence-electron chi connectivity index (χ4n) is 3.62. The normalized spacial score (nSPS) is 14.8. The van der Waals surface area contributed by atoms with Gasteiger partial charge in [-0.05, 0) is 25.7 Å². The Morgan fingerprint density at radius 3 is 1.36 bits per heavy atom. The summed E-state index contributed by atoms with van der Waals surface area (Å²) in [7, 11) is 0. The molecule has 0 aromatic rings. The van der Waals surface area contributed by atoms with E-state index in [4.69, 9.17) is 5.73 Å². The lowest BCUT2D eigenvalue weighted by atomic mass is 9.61. The molecular weight excluding hydrogens is 274 g/mol. The molecule has 0 aliphatic heterocycles. The Morgan fingerprint density at radius 1 is 0.773 bits per heavy atom. The SMILES string of the molecule is CCCCC(CCCC)(CCCC)C(O)(CCCC)C(N)=O. The van der Waals surface area contributed by atoms with Crippen LogP contribution in [0.2, 0.25) is 0 Å². The zero-order valence-corrected chi connectivity index (χ0v) is 15.4. The van der Waals surface area contributed by atoms with Gasteiger partial charge in [0.05, 0.1) is 0 Å². The largest absolute Gasteiger partial charge is 0.379 e. The number of rotatable bonds is 14. The second kappa shape index (κ2) is 11.0. The predicted molar refractivity (Wildman–Crippen MR) is 94.7 cm³/mol. The molecule has 0 fully saturated rings. The van der Waals surface area contributed by atoms with E-state index in [0.29, 0.717) is 6.42 Å². The molecule has 0 spiro atoms. The predicted octanol–water partition coefficient (Wildman–Crippen LogP) is 4.95. The highest BCUT2D eigenvalue weighted by Gasteiger charge is 2.52. The Morgan fingerprint density at radius 2 is 1.09 bits per heavy atom. The van der Waals surface area contributed by atoms with Crippen molar-refractivity contribution in [3.63, 3.8) is 0 Å². The smallest absolute Gasteiger partial charge is 0.249 e. The van der Waals surface area contributed by atoms with Gasteiger partial charge in [-0.3, -0.25) is 4.79 Å². The van der Waals surface area contributed by atoms with Crippen LogP contribution in [0.4, 0.5) is 0 Å². The highest BCUT2D eigenvalue weighted by molar-refractivity contribution is 5.84. The van der Waals surface area contributed by atoms with Crippen molar-refractivity contribution in [1.82, 2.24) is 0 Å². The Bertz CT molecular complexity index is 282. The van der Waals surface area contributed by atoms with E-state index in [2.05, 4.69) is 27.7 Å². The van der Waals surface area contributed by atoms with Crippen molar-refractivity contribution in [2.45, 2.75) is 110 Å². The molecule has 22 heavy (non-hydrogen) atoms. The van der Waals surface area contributed by atoms with Gasteiger partial charge in [0, 0.05) is 5.41 Å². The molecule has 0 aliphatic carbocycles. The van der Waals surface area contributed by atoms with Crippen molar-refractivity contribution in [2.24, 2.45) is 11.1 Å². The molecule has 0 aliphatic rings. The van der Waals surface area contributed by atoms with Gasteiger partial charge in [-0.25, -0.2) is 0 Å². The number of unbranched alkanes of at least 4 members (excludes halogenated alkanes) is 4. The van der Waals surface area contributed by atoms with Crippen LogP contribution in [0.5, 0.6) is 0 Å². The van der Waals surface area contributed by atoms with Gasteiger partial charge < -0.3 is 10.8 Å². The summed E-state index contributed by atoms with van der Waals surface area (Å²) in [5, 5.41) is 11.3. The molecule has 0 radical (unpaired) electrons. The first kappa shape index (κ1) is 21.4. The van der Waals surface area contributed by atoms with Crippen LogP contribution in [0, 0.1) is 5.41 Å². The van der Waals surface area contributed by atoms with E-state index in [-0.39, 0.29) is 5.41 Å². The first-order chi connectivity index (χ1) is 10.4. The lowest BCUT2D eigenvalue weighted by Crippen LogP contribution is -2.57. The average Bonchev–Trinajstić information content (AvgIpc) is 2.51. The highest BCUT2D eigenvalue weighted by atomic mass is 16.3. The Kier molecular flexibility index (Phi) is 10.8.